The molecule has 0 saturated heterocycles. The van der Waals surface area contributed by atoms with Crippen molar-refractivity contribution in [3.63, 3.8) is 0 Å². The van der Waals surface area contributed by atoms with E-state index in [1.54, 1.807) is 6.92 Å². The number of aryl methyl sites for hydroxylation is 1. The predicted molar refractivity (Wildman–Crippen MR) is 133 cm³/mol. The molecular formula is C28H28N4O3. The molecule has 0 unspecified atom stereocenters. The topological polar surface area (TPSA) is 80.5 Å². The van der Waals surface area contributed by atoms with E-state index in [0.717, 1.165) is 28.1 Å². The van der Waals surface area contributed by atoms with Crippen molar-refractivity contribution in [2.24, 2.45) is 0 Å². The Hall–Kier alpha value is -4.13. The Bertz CT molecular complexity index is 1290. The number of nitrogens with one attached hydrogen (secondary N) is 1. The highest BCUT2D eigenvalue weighted by atomic mass is 16.6. The monoisotopic (exact) mass is 468 g/mol. The van der Waals surface area contributed by atoms with Crippen LogP contribution in [0.1, 0.15) is 28.1 Å². The number of aromatic nitrogens is 2. The minimum atomic E-state index is -0.190. The van der Waals surface area contributed by atoms with Gasteiger partial charge in [-0.05, 0) is 36.6 Å². The Morgan fingerprint density at radius 2 is 1.71 bits per heavy atom. The molecule has 5 rings (SSSR count). The minimum absolute atomic E-state index is 0.0457. The van der Waals surface area contributed by atoms with Gasteiger partial charge in [0.25, 0.3) is 0 Å². The van der Waals surface area contributed by atoms with Crippen molar-refractivity contribution in [3.8, 4) is 5.75 Å². The number of carbonyl (C=O) groups excluding carboxylic acids is 1. The fraction of sp³-hybridized carbons (Fsp3) is 0.250. The lowest BCUT2D eigenvalue weighted by Crippen LogP contribution is -2.45. The van der Waals surface area contributed by atoms with E-state index in [4.69, 9.17) is 9.37 Å². The summed E-state index contributed by atoms with van der Waals surface area (Å²) < 4.78 is 11.2. The van der Waals surface area contributed by atoms with Gasteiger partial charge in [-0.1, -0.05) is 77.0 Å². The van der Waals surface area contributed by atoms with E-state index in [0.29, 0.717) is 37.5 Å². The molecule has 7 nitrogen and oxygen atoms in total. The van der Waals surface area contributed by atoms with Crippen molar-refractivity contribution >= 4 is 11.6 Å². The Labute approximate surface area is 204 Å². The van der Waals surface area contributed by atoms with Crippen LogP contribution in [-0.4, -0.2) is 33.8 Å². The van der Waals surface area contributed by atoms with Crippen molar-refractivity contribution in [2.75, 3.05) is 11.9 Å². The van der Waals surface area contributed by atoms with Crippen LogP contribution < -0.4 is 10.1 Å². The Morgan fingerprint density at radius 3 is 2.51 bits per heavy atom. The first-order chi connectivity index (χ1) is 17.2. The molecule has 35 heavy (non-hydrogen) atoms. The summed E-state index contributed by atoms with van der Waals surface area (Å²) in [6, 6.07) is 26.2. The van der Waals surface area contributed by atoms with Crippen molar-refractivity contribution in [2.45, 2.75) is 38.9 Å². The van der Waals surface area contributed by atoms with E-state index >= 15 is 0 Å². The lowest BCUT2D eigenvalue weighted by molar-refractivity contribution is -0.134. The summed E-state index contributed by atoms with van der Waals surface area (Å²) >= 11 is 0. The van der Waals surface area contributed by atoms with Crippen LogP contribution in [0.15, 0.2) is 83.5 Å². The van der Waals surface area contributed by atoms with Gasteiger partial charge in [-0.3, -0.25) is 4.79 Å². The number of nitrogens with zero attached hydrogens (tertiary/aromatic N) is 3. The van der Waals surface area contributed by atoms with E-state index in [-0.39, 0.29) is 18.4 Å². The van der Waals surface area contributed by atoms with Gasteiger partial charge < -0.3 is 15.0 Å². The van der Waals surface area contributed by atoms with Crippen LogP contribution in [0, 0.1) is 6.92 Å². The van der Waals surface area contributed by atoms with Crippen LogP contribution in [0.4, 0.5) is 5.69 Å². The molecule has 7 heteroatoms. The third-order valence-corrected chi connectivity index (χ3v) is 6.37. The summed E-state index contributed by atoms with van der Waals surface area (Å²) in [7, 11) is 0. The molecule has 3 aromatic carbocycles. The zero-order chi connectivity index (χ0) is 24.0. The maximum atomic E-state index is 13.8. The number of benzene rings is 3. The van der Waals surface area contributed by atoms with E-state index in [1.807, 2.05) is 53.4 Å². The fourth-order valence-corrected chi connectivity index (χ4v) is 4.40. The summed E-state index contributed by atoms with van der Waals surface area (Å²) in [5, 5.41) is 11.3. The highest BCUT2D eigenvalue weighted by Crippen LogP contribution is 2.26. The molecule has 0 fully saturated rings. The van der Waals surface area contributed by atoms with Crippen LogP contribution >= 0.6 is 0 Å². The molecule has 1 amide bonds. The largest absolute Gasteiger partial charge is 0.491 e. The van der Waals surface area contributed by atoms with Crippen LogP contribution in [0.3, 0.4) is 0 Å². The second kappa shape index (κ2) is 10.4. The van der Waals surface area contributed by atoms with Gasteiger partial charge in [0.05, 0.1) is 12.5 Å². The van der Waals surface area contributed by atoms with Gasteiger partial charge in [-0.2, -0.15) is 0 Å². The number of rotatable bonds is 4. The fourth-order valence-electron chi connectivity index (χ4n) is 4.40. The Kier molecular flexibility index (Phi) is 6.75. The highest BCUT2D eigenvalue weighted by molar-refractivity contribution is 5.79. The second-order valence-electron chi connectivity index (χ2n) is 8.77. The van der Waals surface area contributed by atoms with E-state index in [9.17, 15) is 4.79 Å². The molecule has 1 aliphatic heterocycles. The maximum Gasteiger partial charge on any atom is 0.229 e. The van der Waals surface area contributed by atoms with Gasteiger partial charge in [0.1, 0.15) is 23.7 Å². The van der Waals surface area contributed by atoms with Crippen LogP contribution in [0.2, 0.25) is 0 Å². The second-order valence-corrected chi connectivity index (χ2v) is 8.77. The zero-order valence-electron chi connectivity index (χ0n) is 19.7. The quantitative estimate of drug-likeness (QED) is 0.473. The van der Waals surface area contributed by atoms with Crippen LogP contribution in [0.25, 0.3) is 0 Å². The van der Waals surface area contributed by atoms with E-state index in [2.05, 4.69) is 46.0 Å². The molecule has 2 heterocycles. The predicted octanol–water partition coefficient (Wildman–Crippen LogP) is 4.57. The highest BCUT2D eigenvalue weighted by Gasteiger charge is 2.28. The summed E-state index contributed by atoms with van der Waals surface area (Å²) in [5.41, 5.74) is 5.45. The lowest BCUT2D eigenvalue weighted by atomic mass is 10.0. The standard InChI is InChI=1S/C28H28N4O3/c1-20-26(31-35-30-20)16-28(33)32-18-23-12-5-7-13-25(23)29-17-22-11-6-8-14-27(22)34-19-24(32)15-21-9-3-2-4-10-21/h2-14,24,29H,15-19H2,1H3/t24-/m0/s1. The zero-order valence-corrected chi connectivity index (χ0v) is 19.7. The van der Waals surface area contributed by atoms with E-state index < -0.39 is 0 Å². The number of hydrogen-bond acceptors (Lipinski definition) is 6. The van der Waals surface area contributed by atoms with Gasteiger partial charge in [-0.25, -0.2) is 4.63 Å². The van der Waals surface area contributed by atoms with Crippen LogP contribution in [-0.2, 0) is 30.7 Å². The van der Waals surface area contributed by atoms with E-state index in [1.165, 1.54) is 0 Å². The molecule has 0 radical (unpaired) electrons. The number of anilines is 1. The maximum absolute atomic E-state index is 13.8. The number of para-hydroxylation sites is 2. The first kappa shape index (κ1) is 22.7. The molecule has 1 aliphatic rings. The first-order valence-corrected chi connectivity index (χ1v) is 11.8. The number of fused-ring (bicyclic) bond motifs is 2. The molecule has 1 aromatic heterocycles. The summed E-state index contributed by atoms with van der Waals surface area (Å²) in [6.45, 7) is 3.25. The summed E-state index contributed by atoms with van der Waals surface area (Å²) in [6.07, 6.45) is 0.785. The third kappa shape index (κ3) is 5.35. The number of hydrogen-bond donors (Lipinski definition) is 1. The molecule has 0 aliphatic carbocycles. The third-order valence-electron chi connectivity index (χ3n) is 6.37. The average molecular weight is 469 g/mol. The van der Waals surface area contributed by atoms with Crippen molar-refractivity contribution < 1.29 is 14.2 Å². The van der Waals surface area contributed by atoms with Crippen LogP contribution in [0.5, 0.6) is 5.75 Å². The molecule has 0 saturated carbocycles. The molecule has 1 N–H and O–H groups in total. The SMILES string of the molecule is Cc1nonc1CC(=O)N1Cc2ccccc2NCc2ccccc2OC[C@@H]1Cc1ccccc1. The van der Waals surface area contributed by atoms with Gasteiger partial charge >= 0.3 is 0 Å². The minimum Gasteiger partial charge on any atom is -0.491 e. The summed E-state index contributed by atoms with van der Waals surface area (Å²) in [5.74, 6) is 0.775. The first-order valence-electron chi connectivity index (χ1n) is 11.8. The van der Waals surface area contributed by atoms with Gasteiger partial charge in [-0.15, -0.1) is 0 Å². The molecule has 0 spiro atoms. The molecule has 4 aromatic rings. The normalized spacial score (nSPS) is 15.7. The molecular weight excluding hydrogens is 440 g/mol. The van der Waals surface area contributed by atoms with Gasteiger partial charge in [0.2, 0.25) is 5.91 Å². The average Bonchev–Trinajstić information content (AvgIpc) is 3.28. The Balaban J connectivity index is 1.54. The molecule has 0 bridgehead atoms. The number of amides is 1. The Morgan fingerprint density at radius 1 is 0.971 bits per heavy atom. The van der Waals surface area contributed by atoms with Gasteiger partial charge in [0, 0.05) is 24.3 Å². The van der Waals surface area contributed by atoms with Crippen molar-refractivity contribution in [1.29, 1.82) is 0 Å². The molecule has 1 atom stereocenters. The van der Waals surface area contributed by atoms with Crippen molar-refractivity contribution in [1.82, 2.24) is 15.2 Å². The van der Waals surface area contributed by atoms with Crippen molar-refractivity contribution in [3.05, 3.63) is 107 Å². The number of ether oxygens (including phenoxy) is 1. The van der Waals surface area contributed by atoms with Gasteiger partial charge in [0.15, 0.2) is 0 Å². The smallest absolute Gasteiger partial charge is 0.229 e. The summed E-state index contributed by atoms with van der Waals surface area (Å²) in [4.78, 5) is 15.7. The number of carbonyl (C=O) groups is 1. The lowest BCUT2D eigenvalue weighted by Gasteiger charge is -2.32. The molecule has 178 valence electrons.